The Balaban J connectivity index is 2.43. The Kier molecular flexibility index (Phi) is 1.66. The van der Waals surface area contributed by atoms with Crippen molar-refractivity contribution in [3.8, 4) is 0 Å². The second kappa shape index (κ2) is 2.60. The monoisotopic (exact) mass is 181 g/mol. The van der Waals surface area contributed by atoms with Gasteiger partial charge >= 0.3 is 5.97 Å². The third-order valence-electron chi connectivity index (χ3n) is 2.49. The van der Waals surface area contributed by atoms with Gasteiger partial charge in [0.15, 0.2) is 5.54 Å². The lowest BCUT2D eigenvalue weighted by Gasteiger charge is -2.18. The molecule has 1 heterocycles. The first kappa shape index (κ1) is 8.31. The molecule has 13 heavy (non-hydrogen) atoms. The van der Waals surface area contributed by atoms with Gasteiger partial charge in [0.1, 0.15) is 5.76 Å². The maximum Gasteiger partial charge on any atom is 0.333 e. The van der Waals surface area contributed by atoms with Crippen LogP contribution in [0.2, 0.25) is 0 Å². The number of hydrogen-bond donors (Lipinski definition) is 1. The molecule has 0 aliphatic heterocycles. The number of aryl methyl sites for hydroxylation is 1. The minimum absolute atomic E-state index is 0.429. The molecule has 0 fully saturated rings. The summed E-state index contributed by atoms with van der Waals surface area (Å²) < 4.78 is 9.83. The van der Waals surface area contributed by atoms with Gasteiger partial charge in [-0.2, -0.15) is 0 Å². The van der Waals surface area contributed by atoms with Crippen molar-refractivity contribution in [1.29, 1.82) is 0 Å². The molecule has 1 unspecified atom stereocenters. The minimum Gasteiger partial charge on any atom is -0.467 e. The Bertz CT molecular complexity index is 344. The van der Waals surface area contributed by atoms with E-state index < -0.39 is 11.5 Å². The minimum atomic E-state index is -1.06. The highest BCUT2D eigenvalue weighted by Gasteiger charge is 2.45. The van der Waals surface area contributed by atoms with Gasteiger partial charge in [-0.15, -0.1) is 0 Å². The van der Waals surface area contributed by atoms with Crippen LogP contribution < -0.4 is 5.73 Å². The van der Waals surface area contributed by atoms with Crippen molar-refractivity contribution in [2.45, 2.75) is 18.4 Å². The summed E-state index contributed by atoms with van der Waals surface area (Å²) in [5.74, 6) is 0.126. The summed E-state index contributed by atoms with van der Waals surface area (Å²) in [7, 11) is 1.33. The Morgan fingerprint density at radius 1 is 1.77 bits per heavy atom. The van der Waals surface area contributed by atoms with Gasteiger partial charge in [0.25, 0.3) is 0 Å². The molecule has 4 heteroatoms. The molecule has 0 radical (unpaired) electrons. The second-order valence-corrected chi connectivity index (χ2v) is 3.24. The summed E-state index contributed by atoms with van der Waals surface area (Å²) in [4.78, 5) is 11.4. The zero-order valence-electron chi connectivity index (χ0n) is 7.37. The van der Waals surface area contributed by atoms with Crippen LogP contribution >= 0.6 is 0 Å². The standard InChI is InChI=1S/C9H11NO3/c1-12-8(11)9(10)4-2-6-3-5-13-7(6)9/h3,5H,2,4,10H2,1H3. The first-order valence-electron chi connectivity index (χ1n) is 4.12. The van der Waals surface area contributed by atoms with Gasteiger partial charge in [-0.25, -0.2) is 4.79 Å². The molecular formula is C9H11NO3. The van der Waals surface area contributed by atoms with Crippen molar-refractivity contribution in [1.82, 2.24) is 0 Å². The topological polar surface area (TPSA) is 65.5 Å². The Morgan fingerprint density at radius 3 is 3.23 bits per heavy atom. The summed E-state index contributed by atoms with van der Waals surface area (Å²) in [5.41, 5.74) is 5.85. The number of rotatable bonds is 1. The lowest BCUT2D eigenvalue weighted by atomic mass is 10.00. The van der Waals surface area contributed by atoms with Crippen LogP contribution in [0.1, 0.15) is 17.7 Å². The Morgan fingerprint density at radius 2 is 2.54 bits per heavy atom. The molecule has 0 saturated heterocycles. The average Bonchev–Trinajstić information content (AvgIpc) is 2.69. The molecule has 1 aliphatic carbocycles. The van der Waals surface area contributed by atoms with Crippen molar-refractivity contribution in [2.75, 3.05) is 7.11 Å². The van der Waals surface area contributed by atoms with Crippen molar-refractivity contribution in [3.05, 3.63) is 23.7 Å². The van der Waals surface area contributed by atoms with Crippen LogP contribution in [0.25, 0.3) is 0 Å². The van der Waals surface area contributed by atoms with Crippen molar-refractivity contribution >= 4 is 5.97 Å². The van der Waals surface area contributed by atoms with Gasteiger partial charge in [-0.1, -0.05) is 0 Å². The molecule has 2 N–H and O–H groups in total. The van der Waals surface area contributed by atoms with Crippen LogP contribution in [0.15, 0.2) is 16.7 Å². The van der Waals surface area contributed by atoms with Crippen molar-refractivity contribution in [2.24, 2.45) is 5.73 Å². The number of carbonyl (C=O) groups is 1. The van der Waals surface area contributed by atoms with Crippen LogP contribution in [-0.2, 0) is 21.5 Å². The van der Waals surface area contributed by atoms with E-state index in [2.05, 4.69) is 4.74 Å². The van der Waals surface area contributed by atoms with Gasteiger partial charge in [0, 0.05) is 0 Å². The van der Waals surface area contributed by atoms with Gasteiger partial charge in [0.2, 0.25) is 0 Å². The predicted molar refractivity (Wildman–Crippen MR) is 44.9 cm³/mol. The number of ether oxygens (including phenoxy) is 1. The number of furan rings is 1. The number of nitrogens with two attached hydrogens (primary N) is 1. The average molecular weight is 181 g/mol. The molecule has 1 aliphatic rings. The number of carbonyl (C=O) groups excluding carboxylic acids is 1. The zero-order chi connectivity index (χ0) is 9.47. The molecule has 0 aromatic carbocycles. The largest absolute Gasteiger partial charge is 0.467 e. The number of hydrogen-bond acceptors (Lipinski definition) is 4. The second-order valence-electron chi connectivity index (χ2n) is 3.24. The molecule has 0 amide bonds. The molecule has 1 aromatic heterocycles. The van der Waals surface area contributed by atoms with Crippen molar-refractivity contribution in [3.63, 3.8) is 0 Å². The van der Waals surface area contributed by atoms with E-state index in [1.54, 1.807) is 6.26 Å². The van der Waals surface area contributed by atoms with Crippen LogP contribution in [0.5, 0.6) is 0 Å². The lowest BCUT2D eigenvalue weighted by molar-refractivity contribution is -0.148. The van der Waals surface area contributed by atoms with E-state index in [9.17, 15) is 4.79 Å². The van der Waals surface area contributed by atoms with Crippen LogP contribution in [0, 0.1) is 0 Å². The third-order valence-corrected chi connectivity index (χ3v) is 2.49. The highest BCUT2D eigenvalue weighted by Crippen LogP contribution is 2.36. The van der Waals surface area contributed by atoms with Crippen LogP contribution in [-0.4, -0.2) is 13.1 Å². The van der Waals surface area contributed by atoms with E-state index in [0.29, 0.717) is 12.2 Å². The third kappa shape index (κ3) is 0.986. The van der Waals surface area contributed by atoms with E-state index >= 15 is 0 Å². The van der Waals surface area contributed by atoms with E-state index in [0.717, 1.165) is 12.0 Å². The van der Waals surface area contributed by atoms with E-state index in [4.69, 9.17) is 10.2 Å². The molecule has 1 aromatic rings. The lowest BCUT2D eigenvalue weighted by Crippen LogP contribution is -2.43. The number of esters is 1. The van der Waals surface area contributed by atoms with E-state index in [1.165, 1.54) is 7.11 Å². The quantitative estimate of drug-likeness (QED) is 0.642. The van der Waals surface area contributed by atoms with Crippen molar-refractivity contribution < 1.29 is 13.9 Å². The molecule has 0 spiro atoms. The van der Waals surface area contributed by atoms with E-state index in [-0.39, 0.29) is 0 Å². The molecule has 1 atom stereocenters. The fourth-order valence-electron chi connectivity index (χ4n) is 1.75. The fourth-order valence-corrected chi connectivity index (χ4v) is 1.75. The fraction of sp³-hybridized carbons (Fsp3) is 0.444. The zero-order valence-corrected chi connectivity index (χ0v) is 7.37. The van der Waals surface area contributed by atoms with E-state index in [1.807, 2.05) is 6.07 Å². The number of fused-ring (bicyclic) bond motifs is 1. The highest BCUT2D eigenvalue weighted by atomic mass is 16.5. The summed E-state index contributed by atoms with van der Waals surface area (Å²) in [6, 6.07) is 1.84. The van der Waals surface area contributed by atoms with Gasteiger partial charge in [-0.05, 0) is 24.5 Å². The SMILES string of the molecule is COC(=O)C1(N)CCc2ccoc21. The first-order chi connectivity index (χ1) is 6.18. The normalized spacial score (nSPS) is 25.7. The van der Waals surface area contributed by atoms with Gasteiger partial charge < -0.3 is 14.9 Å². The summed E-state index contributed by atoms with van der Waals surface area (Å²) in [6.45, 7) is 0. The molecule has 4 nitrogen and oxygen atoms in total. The molecular weight excluding hydrogens is 170 g/mol. The number of methoxy groups -OCH3 is 1. The molecule has 70 valence electrons. The summed E-state index contributed by atoms with van der Waals surface area (Å²) in [6.07, 6.45) is 2.89. The maximum absolute atomic E-state index is 11.4. The highest BCUT2D eigenvalue weighted by molar-refractivity contribution is 5.82. The van der Waals surface area contributed by atoms with Crippen LogP contribution in [0.3, 0.4) is 0 Å². The Hall–Kier alpha value is -1.29. The predicted octanol–water partition coefficient (Wildman–Crippen LogP) is 0.553. The Labute approximate surface area is 75.7 Å². The van der Waals surface area contributed by atoms with Gasteiger partial charge in [-0.3, -0.25) is 0 Å². The molecule has 2 rings (SSSR count). The summed E-state index contributed by atoms with van der Waals surface area (Å²) >= 11 is 0. The smallest absolute Gasteiger partial charge is 0.333 e. The van der Waals surface area contributed by atoms with Gasteiger partial charge in [0.05, 0.1) is 13.4 Å². The molecule has 0 bridgehead atoms. The summed E-state index contributed by atoms with van der Waals surface area (Å²) in [5, 5.41) is 0. The molecule has 0 saturated carbocycles. The first-order valence-corrected chi connectivity index (χ1v) is 4.12. The van der Waals surface area contributed by atoms with Crippen LogP contribution in [0.4, 0.5) is 0 Å². The maximum atomic E-state index is 11.4.